The number of carbonyl (C=O) groups is 1. The second kappa shape index (κ2) is 6.07. The van der Waals surface area contributed by atoms with Crippen molar-refractivity contribution in [3.8, 4) is 5.75 Å². The molecule has 1 amide bonds. The first-order valence-corrected chi connectivity index (χ1v) is 4.79. The van der Waals surface area contributed by atoms with Gasteiger partial charge in [0.2, 0.25) is 0 Å². The van der Waals surface area contributed by atoms with Gasteiger partial charge in [-0.25, -0.2) is 4.39 Å². The summed E-state index contributed by atoms with van der Waals surface area (Å²) in [6.45, 7) is 0.740. The van der Waals surface area contributed by atoms with E-state index in [2.05, 4.69) is 5.32 Å². The molecule has 0 bridgehead atoms. The molecule has 1 rings (SSSR count). The minimum atomic E-state index is -0.603. The highest BCUT2D eigenvalue weighted by molar-refractivity contribution is 5.94. The van der Waals surface area contributed by atoms with Crippen LogP contribution in [0.15, 0.2) is 18.2 Å². The summed E-state index contributed by atoms with van der Waals surface area (Å²) in [5.74, 6) is -0.683. The molecule has 0 saturated heterocycles. The fourth-order valence-corrected chi connectivity index (χ4v) is 1.17. The SMILES string of the molecule is COCCNC(=O)c1ccc(OC)cc1F. The largest absolute Gasteiger partial charge is 0.497 e. The number of ether oxygens (including phenoxy) is 2. The number of methoxy groups -OCH3 is 2. The lowest BCUT2D eigenvalue weighted by Crippen LogP contribution is -2.27. The summed E-state index contributed by atoms with van der Waals surface area (Å²) in [5.41, 5.74) is -0.00287. The smallest absolute Gasteiger partial charge is 0.254 e. The van der Waals surface area contributed by atoms with Crippen LogP contribution in [0.3, 0.4) is 0 Å². The predicted octanol–water partition coefficient (Wildman–Crippen LogP) is 1.21. The third-order valence-corrected chi connectivity index (χ3v) is 2.01. The second-order valence-corrected chi connectivity index (χ2v) is 3.09. The number of halogens is 1. The molecule has 0 atom stereocenters. The number of amides is 1. The van der Waals surface area contributed by atoms with Crippen molar-refractivity contribution in [3.63, 3.8) is 0 Å². The molecule has 4 nitrogen and oxygen atoms in total. The van der Waals surface area contributed by atoms with Crippen molar-refractivity contribution in [1.29, 1.82) is 0 Å². The fraction of sp³-hybridized carbons (Fsp3) is 0.364. The molecule has 1 aromatic carbocycles. The van der Waals surface area contributed by atoms with Crippen LogP contribution in [0, 0.1) is 5.82 Å². The first kappa shape index (κ1) is 12.4. The third-order valence-electron chi connectivity index (χ3n) is 2.01. The van der Waals surface area contributed by atoms with Crippen LogP contribution in [-0.2, 0) is 4.74 Å². The Morgan fingerprint density at radius 2 is 2.19 bits per heavy atom. The van der Waals surface area contributed by atoms with Gasteiger partial charge in [0.05, 0.1) is 19.3 Å². The monoisotopic (exact) mass is 227 g/mol. The Balaban J connectivity index is 2.68. The summed E-state index contributed by atoms with van der Waals surface area (Å²) < 4.78 is 23.0. The van der Waals surface area contributed by atoms with Gasteiger partial charge in [-0.3, -0.25) is 4.79 Å². The number of carbonyl (C=O) groups excluding carboxylic acids is 1. The van der Waals surface area contributed by atoms with E-state index in [9.17, 15) is 9.18 Å². The summed E-state index contributed by atoms with van der Waals surface area (Å²) in [5, 5.41) is 2.53. The van der Waals surface area contributed by atoms with Crippen LogP contribution in [0.25, 0.3) is 0 Å². The number of benzene rings is 1. The molecule has 0 saturated carbocycles. The first-order valence-electron chi connectivity index (χ1n) is 4.79. The highest BCUT2D eigenvalue weighted by Gasteiger charge is 2.11. The van der Waals surface area contributed by atoms with Crippen LogP contribution in [0.4, 0.5) is 4.39 Å². The molecular weight excluding hydrogens is 213 g/mol. The lowest BCUT2D eigenvalue weighted by molar-refractivity contribution is 0.0933. The van der Waals surface area contributed by atoms with Crippen molar-refractivity contribution in [2.75, 3.05) is 27.4 Å². The van der Waals surface area contributed by atoms with Gasteiger partial charge in [0, 0.05) is 19.7 Å². The number of hydrogen-bond donors (Lipinski definition) is 1. The summed E-state index contributed by atoms with van der Waals surface area (Å²) in [7, 11) is 2.97. The van der Waals surface area contributed by atoms with Crippen molar-refractivity contribution < 1.29 is 18.7 Å². The zero-order valence-electron chi connectivity index (χ0n) is 9.25. The lowest BCUT2D eigenvalue weighted by atomic mass is 10.2. The molecule has 1 N–H and O–H groups in total. The Bertz CT molecular complexity index is 368. The second-order valence-electron chi connectivity index (χ2n) is 3.09. The standard InChI is InChI=1S/C11H14FNO3/c1-15-6-5-13-11(14)9-4-3-8(16-2)7-10(9)12/h3-4,7H,5-6H2,1-2H3,(H,13,14). The van der Waals surface area contributed by atoms with Gasteiger partial charge in [0.1, 0.15) is 11.6 Å². The minimum absolute atomic E-state index is 0.00287. The molecule has 0 unspecified atom stereocenters. The van der Waals surface area contributed by atoms with Crippen molar-refractivity contribution in [1.82, 2.24) is 5.32 Å². The molecule has 5 heteroatoms. The van der Waals surface area contributed by atoms with E-state index in [1.807, 2.05) is 0 Å². The Labute approximate surface area is 93.4 Å². The molecule has 0 aliphatic carbocycles. The van der Waals surface area contributed by atoms with Gasteiger partial charge >= 0.3 is 0 Å². The van der Waals surface area contributed by atoms with Gasteiger partial charge in [0.25, 0.3) is 5.91 Å². The van der Waals surface area contributed by atoms with E-state index in [-0.39, 0.29) is 5.56 Å². The number of rotatable bonds is 5. The molecule has 0 aliphatic heterocycles. The third kappa shape index (κ3) is 3.20. The van der Waals surface area contributed by atoms with Crippen LogP contribution in [0.5, 0.6) is 5.75 Å². The molecule has 0 spiro atoms. The van der Waals surface area contributed by atoms with E-state index in [0.29, 0.717) is 18.9 Å². The normalized spacial score (nSPS) is 9.94. The van der Waals surface area contributed by atoms with Crippen molar-refractivity contribution in [2.24, 2.45) is 0 Å². The van der Waals surface area contributed by atoms with Crippen LogP contribution in [0.1, 0.15) is 10.4 Å². The molecular formula is C11H14FNO3. The predicted molar refractivity (Wildman–Crippen MR) is 57.2 cm³/mol. The summed E-state index contributed by atoms with van der Waals surface area (Å²) in [4.78, 5) is 11.5. The van der Waals surface area contributed by atoms with E-state index in [1.54, 1.807) is 0 Å². The van der Waals surface area contributed by atoms with Crippen molar-refractivity contribution in [2.45, 2.75) is 0 Å². The van der Waals surface area contributed by atoms with Gasteiger partial charge in [-0.1, -0.05) is 0 Å². The number of nitrogens with one attached hydrogen (secondary N) is 1. The molecule has 0 aromatic heterocycles. The molecule has 16 heavy (non-hydrogen) atoms. The molecule has 0 radical (unpaired) electrons. The number of hydrogen-bond acceptors (Lipinski definition) is 3. The Morgan fingerprint density at radius 1 is 1.44 bits per heavy atom. The van der Waals surface area contributed by atoms with Gasteiger partial charge in [-0.2, -0.15) is 0 Å². The van der Waals surface area contributed by atoms with Crippen LogP contribution >= 0.6 is 0 Å². The summed E-state index contributed by atoms with van der Waals surface area (Å²) in [6.07, 6.45) is 0. The van der Waals surface area contributed by atoms with Gasteiger partial charge in [-0.05, 0) is 12.1 Å². The molecule has 0 aliphatic rings. The topological polar surface area (TPSA) is 47.6 Å². The van der Waals surface area contributed by atoms with Crippen LogP contribution in [-0.4, -0.2) is 33.3 Å². The average Bonchev–Trinajstić information content (AvgIpc) is 2.29. The quantitative estimate of drug-likeness (QED) is 0.769. The average molecular weight is 227 g/mol. The molecule has 0 heterocycles. The Kier molecular flexibility index (Phi) is 4.72. The molecule has 88 valence electrons. The van der Waals surface area contributed by atoms with Gasteiger partial charge in [0.15, 0.2) is 0 Å². The highest BCUT2D eigenvalue weighted by atomic mass is 19.1. The Morgan fingerprint density at radius 3 is 2.75 bits per heavy atom. The lowest BCUT2D eigenvalue weighted by Gasteiger charge is -2.06. The summed E-state index contributed by atoms with van der Waals surface area (Å²) in [6, 6.07) is 4.09. The molecule has 0 fully saturated rings. The highest BCUT2D eigenvalue weighted by Crippen LogP contribution is 2.15. The van der Waals surface area contributed by atoms with Crippen molar-refractivity contribution in [3.05, 3.63) is 29.6 Å². The maximum Gasteiger partial charge on any atom is 0.254 e. The van der Waals surface area contributed by atoms with E-state index >= 15 is 0 Å². The summed E-state index contributed by atoms with van der Waals surface area (Å²) >= 11 is 0. The fourth-order valence-electron chi connectivity index (χ4n) is 1.17. The zero-order chi connectivity index (χ0) is 12.0. The van der Waals surface area contributed by atoms with Crippen molar-refractivity contribution >= 4 is 5.91 Å². The van der Waals surface area contributed by atoms with E-state index in [0.717, 1.165) is 0 Å². The molecule has 1 aromatic rings. The van der Waals surface area contributed by atoms with Gasteiger partial charge < -0.3 is 14.8 Å². The first-order chi connectivity index (χ1) is 7.69. The maximum atomic E-state index is 13.4. The van der Waals surface area contributed by atoms with Gasteiger partial charge in [-0.15, -0.1) is 0 Å². The zero-order valence-corrected chi connectivity index (χ0v) is 9.25. The minimum Gasteiger partial charge on any atom is -0.497 e. The van der Waals surface area contributed by atoms with E-state index < -0.39 is 11.7 Å². The maximum absolute atomic E-state index is 13.4. The van der Waals surface area contributed by atoms with E-state index in [1.165, 1.54) is 32.4 Å². The van der Waals surface area contributed by atoms with Crippen LogP contribution in [0.2, 0.25) is 0 Å². The Hall–Kier alpha value is -1.62. The van der Waals surface area contributed by atoms with E-state index in [4.69, 9.17) is 9.47 Å². The van der Waals surface area contributed by atoms with Crippen LogP contribution < -0.4 is 10.1 Å².